The van der Waals surface area contributed by atoms with Gasteiger partial charge in [0, 0.05) is 11.8 Å². The van der Waals surface area contributed by atoms with E-state index in [1.807, 2.05) is 30.3 Å². The van der Waals surface area contributed by atoms with E-state index in [9.17, 15) is 9.59 Å². The maximum atomic E-state index is 12.5. The van der Waals surface area contributed by atoms with E-state index in [4.69, 9.17) is 0 Å². The number of rotatable bonds is 2. The van der Waals surface area contributed by atoms with Crippen molar-refractivity contribution in [2.45, 2.75) is 19.3 Å². The topological polar surface area (TPSA) is 66.1 Å². The Kier molecular flexibility index (Phi) is 2.67. The smallest absolute Gasteiger partial charge is 0.237 e. The Labute approximate surface area is 122 Å². The summed E-state index contributed by atoms with van der Waals surface area (Å²) in [6, 6.07) is 9.34. The van der Waals surface area contributed by atoms with Crippen LogP contribution in [-0.2, 0) is 9.59 Å². The Morgan fingerprint density at radius 2 is 1.86 bits per heavy atom. The van der Waals surface area contributed by atoms with Gasteiger partial charge in [-0.2, -0.15) is 5.10 Å². The lowest BCUT2D eigenvalue weighted by Crippen LogP contribution is -2.31. The van der Waals surface area contributed by atoms with Crippen LogP contribution in [0.1, 0.15) is 19.3 Å². The fourth-order valence-electron chi connectivity index (χ4n) is 3.48. The zero-order valence-corrected chi connectivity index (χ0v) is 11.5. The fraction of sp³-hybridized carbons (Fsp3) is 0.312. The van der Waals surface area contributed by atoms with Crippen LogP contribution in [0.25, 0.3) is 11.3 Å². The molecule has 2 fully saturated rings. The van der Waals surface area contributed by atoms with E-state index in [1.54, 1.807) is 6.20 Å². The Bertz CT molecular complexity index is 686. The van der Waals surface area contributed by atoms with Gasteiger partial charge in [0.15, 0.2) is 0 Å². The molecule has 1 saturated carbocycles. The molecule has 1 N–H and O–H groups in total. The average Bonchev–Trinajstić information content (AvgIpc) is 3.21. The summed E-state index contributed by atoms with van der Waals surface area (Å²) in [7, 11) is 0. The lowest BCUT2D eigenvalue weighted by molar-refractivity contribution is -0.122. The summed E-state index contributed by atoms with van der Waals surface area (Å²) in [6.07, 6.45) is 4.34. The predicted octanol–water partition coefficient (Wildman–Crippen LogP) is 2.37. The largest absolute Gasteiger partial charge is 0.278 e. The number of nitrogens with zero attached hydrogens (tertiary/aromatic N) is 2. The van der Waals surface area contributed by atoms with Gasteiger partial charge in [0.25, 0.3) is 0 Å². The summed E-state index contributed by atoms with van der Waals surface area (Å²) in [6.45, 7) is 0. The van der Waals surface area contributed by atoms with E-state index in [2.05, 4.69) is 10.2 Å². The molecule has 106 valence electrons. The number of hydrogen-bond donors (Lipinski definition) is 1. The molecule has 0 radical (unpaired) electrons. The van der Waals surface area contributed by atoms with Crippen LogP contribution in [-0.4, -0.2) is 22.0 Å². The van der Waals surface area contributed by atoms with E-state index >= 15 is 0 Å². The first-order valence-electron chi connectivity index (χ1n) is 7.23. The van der Waals surface area contributed by atoms with Crippen LogP contribution in [0.3, 0.4) is 0 Å². The number of benzene rings is 1. The van der Waals surface area contributed by atoms with Crippen molar-refractivity contribution in [1.29, 1.82) is 0 Å². The molecule has 2 aliphatic rings. The summed E-state index contributed by atoms with van der Waals surface area (Å²) in [5, 5.41) is 6.82. The fourth-order valence-corrected chi connectivity index (χ4v) is 3.48. The summed E-state index contributed by atoms with van der Waals surface area (Å²) in [5.74, 6) is -0.282. The molecule has 2 amide bonds. The Hall–Kier alpha value is -2.43. The van der Waals surface area contributed by atoms with Gasteiger partial charge in [-0.3, -0.25) is 19.6 Å². The number of hydrogen-bond acceptors (Lipinski definition) is 3. The summed E-state index contributed by atoms with van der Waals surface area (Å²) in [5.41, 5.74) is 2.45. The number of anilines is 1. The lowest BCUT2D eigenvalue weighted by Gasteiger charge is -2.16. The highest BCUT2D eigenvalue weighted by molar-refractivity contribution is 6.22. The second kappa shape index (κ2) is 4.55. The molecule has 1 aromatic heterocycles. The molecule has 1 aliphatic carbocycles. The molecule has 1 saturated heterocycles. The van der Waals surface area contributed by atoms with Gasteiger partial charge in [-0.05, 0) is 31.0 Å². The number of imide groups is 1. The van der Waals surface area contributed by atoms with Crippen LogP contribution < -0.4 is 4.90 Å². The van der Waals surface area contributed by atoms with Gasteiger partial charge in [0.1, 0.15) is 0 Å². The van der Waals surface area contributed by atoms with Crippen LogP contribution in [0.5, 0.6) is 0 Å². The van der Waals surface area contributed by atoms with Crippen LogP contribution in [0, 0.1) is 11.8 Å². The first-order chi connectivity index (χ1) is 10.3. The van der Waals surface area contributed by atoms with Crippen molar-refractivity contribution in [2.75, 3.05) is 4.90 Å². The van der Waals surface area contributed by atoms with E-state index in [-0.39, 0.29) is 23.7 Å². The molecule has 1 aliphatic heterocycles. The third-order valence-electron chi connectivity index (χ3n) is 4.51. The van der Waals surface area contributed by atoms with Crippen LogP contribution >= 0.6 is 0 Å². The molecule has 0 bridgehead atoms. The lowest BCUT2D eigenvalue weighted by atomic mass is 10.00. The van der Waals surface area contributed by atoms with Gasteiger partial charge in [-0.15, -0.1) is 0 Å². The van der Waals surface area contributed by atoms with E-state index < -0.39 is 0 Å². The van der Waals surface area contributed by atoms with E-state index in [0.29, 0.717) is 5.69 Å². The monoisotopic (exact) mass is 281 g/mol. The minimum atomic E-state index is -0.103. The standard InChI is InChI=1S/C16H15N3O2/c20-15-12-5-2-6-13(12)16(21)19(15)11-4-1-3-10(9-11)14-7-8-17-18-14/h1,3-4,7-9,12-13H,2,5-6H2,(H,17,18). The number of aromatic nitrogens is 2. The van der Waals surface area contributed by atoms with E-state index in [0.717, 1.165) is 30.5 Å². The third kappa shape index (κ3) is 1.81. The van der Waals surface area contributed by atoms with Crippen molar-refractivity contribution in [1.82, 2.24) is 10.2 Å². The number of amides is 2. The van der Waals surface area contributed by atoms with Crippen molar-refractivity contribution in [2.24, 2.45) is 11.8 Å². The quantitative estimate of drug-likeness (QED) is 0.859. The maximum Gasteiger partial charge on any atom is 0.237 e. The predicted molar refractivity (Wildman–Crippen MR) is 77.3 cm³/mol. The number of H-pyrrole nitrogens is 1. The molecular formula is C16H15N3O2. The van der Waals surface area contributed by atoms with Gasteiger partial charge >= 0.3 is 0 Å². The van der Waals surface area contributed by atoms with Gasteiger partial charge in [0.2, 0.25) is 11.8 Å². The molecular weight excluding hydrogens is 266 g/mol. The normalized spacial score (nSPS) is 24.7. The average molecular weight is 281 g/mol. The highest BCUT2D eigenvalue weighted by atomic mass is 16.2. The number of fused-ring (bicyclic) bond motifs is 1. The Morgan fingerprint density at radius 1 is 1.10 bits per heavy atom. The molecule has 5 heteroatoms. The molecule has 21 heavy (non-hydrogen) atoms. The first-order valence-corrected chi connectivity index (χ1v) is 7.23. The number of carbonyl (C=O) groups is 2. The molecule has 1 aromatic carbocycles. The van der Waals surface area contributed by atoms with Gasteiger partial charge in [-0.1, -0.05) is 18.6 Å². The second-order valence-electron chi connectivity index (χ2n) is 5.68. The highest BCUT2D eigenvalue weighted by Crippen LogP contribution is 2.41. The molecule has 2 aromatic rings. The summed E-state index contributed by atoms with van der Waals surface area (Å²) >= 11 is 0. The molecule has 4 rings (SSSR count). The Morgan fingerprint density at radius 3 is 2.52 bits per heavy atom. The van der Waals surface area contributed by atoms with Crippen molar-refractivity contribution >= 4 is 17.5 Å². The van der Waals surface area contributed by atoms with Crippen molar-refractivity contribution in [3.63, 3.8) is 0 Å². The maximum absolute atomic E-state index is 12.5. The first kappa shape index (κ1) is 12.3. The molecule has 2 unspecified atom stereocenters. The van der Waals surface area contributed by atoms with Crippen molar-refractivity contribution in [3.05, 3.63) is 36.5 Å². The SMILES string of the molecule is O=C1C2CCCC2C(=O)N1c1cccc(-c2ccn[nH]2)c1. The van der Waals surface area contributed by atoms with Gasteiger partial charge in [-0.25, -0.2) is 0 Å². The highest BCUT2D eigenvalue weighted by Gasteiger charge is 2.50. The number of carbonyl (C=O) groups excluding carboxylic acids is 2. The third-order valence-corrected chi connectivity index (χ3v) is 4.51. The van der Waals surface area contributed by atoms with E-state index in [1.165, 1.54) is 4.90 Å². The molecule has 5 nitrogen and oxygen atoms in total. The van der Waals surface area contributed by atoms with Crippen LogP contribution in [0.15, 0.2) is 36.5 Å². The zero-order valence-electron chi connectivity index (χ0n) is 11.5. The molecule has 2 heterocycles. The summed E-state index contributed by atoms with van der Waals surface area (Å²) < 4.78 is 0. The van der Waals surface area contributed by atoms with Gasteiger partial charge in [0.05, 0.1) is 23.2 Å². The minimum absolute atomic E-state index is 0.0377. The summed E-state index contributed by atoms with van der Waals surface area (Å²) in [4.78, 5) is 26.3. The number of nitrogens with one attached hydrogen (secondary N) is 1. The molecule has 2 atom stereocenters. The zero-order chi connectivity index (χ0) is 14.4. The van der Waals surface area contributed by atoms with Crippen molar-refractivity contribution in [3.8, 4) is 11.3 Å². The minimum Gasteiger partial charge on any atom is -0.278 e. The van der Waals surface area contributed by atoms with Crippen molar-refractivity contribution < 1.29 is 9.59 Å². The molecule has 0 spiro atoms. The van der Waals surface area contributed by atoms with Gasteiger partial charge < -0.3 is 0 Å². The Balaban J connectivity index is 1.72. The van der Waals surface area contributed by atoms with Crippen LogP contribution in [0.4, 0.5) is 5.69 Å². The second-order valence-corrected chi connectivity index (χ2v) is 5.68. The number of aromatic amines is 1. The van der Waals surface area contributed by atoms with Crippen LogP contribution in [0.2, 0.25) is 0 Å².